The van der Waals surface area contributed by atoms with Crippen LogP contribution < -0.4 is 5.19 Å². The van der Waals surface area contributed by atoms with E-state index in [0.717, 1.165) is 22.5 Å². The quantitative estimate of drug-likeness (QED) is 0.143. The van der Waals surface area contributed by atoms with Gasteiger partial charge in [0.2, 0.25) is 0 Å². The maximum atomic E-state index is 4.73. The van der Waals surface area contributed by atoms with Crippen LogP contribution in [0, 0.1) is 26.0 Å². The maximum Gasteiger partial charge on any atom is 0.0775 e. The van der Waals surface area contributed by atoms with Gasteiger partial charge in [-0.15, -0.1) is 71.8 Å². The van der Waals surface area contributed by atoms with Crippen LogP contribution in [-0.4, -0.2) is 18.0 Å². The van der Waals surface area contributed by atoms with Crippen LogP contribution in [-0.2, 0) is 20.1 Å². The van der Waals surface area contributed by atoms with E-state index >= 15 is 0 Å². The van der Waals surface area contributed by atoms with Crippen LogP contribution in [0.1, 0.15) is 11.1 Å². The van der Waals surface area contributed by atoms with Gasteiger partial charge in [0.1, 0.15) is 0 Å². The molecule has 0 unspecified atom stereocenters. The fraction of sp³-hybridized carbons (Fsp3) is 0.152. The molecular weight excluding hydrogens is 645 g/mol. The van der Waals surface area contributed by atoms with Gasteiger partial charge in [0.25, 0.3) is 0 Å². The van der Waals surface area contributed by atoms with Crippen LogP contribution in [0.2, 0.25) is 19.6 Å². The summed E-state index contributed by atoms with van der Waals surface area (Å²) in [4.78, 5) is 9.05. The molecule has 189 valence electrons. The molecule has 0 aliphatic rings. The Kier molecular flexibility index (Phi) is 9.88. The van der Waals surface area contributed by atoms with Gasteiger partial charge in [-0.2, -0.15) is 0 Å². The minimum absolute atomic E-state index is 0. The molecule has 0 aliphatic carbocycles. The first kappa shape index (κ1) is 28.4. The minimum Gasteiger partial charge on any atom is -0.304 e. The van der Waals surface area contributed by atoms with Crippen LogP contribution >= 0.6 is 0 Å². The first-order valence-electron chi connectivity index (χ1n) is 12.3. The van der Waals surface area contributed by atoms with Crippen LogP contribution in [0.25, 0.3) is 33.6 Å². The maximum absolute atomic E-state index is 4.73. The topological polar surface area (TPSA) is 25.8 Å². The molecule has 5 rings (SSSR count). The van der Waals surface area contributed by atoms with Gasteiger partial charge in [0, 0.05) is 32.5 Å². The standard InChI is InChI=1S/C21H22NSi.C12H10N.Ir/c1-16-10-8-9-13-18(16)19-15-22-20(14-21(19)23(2,3)4)17-11-6-5-7-12-17;1-10-6-5-9-13-12(10)11-7-3-2-4-8-11;/h5-11,13-15H,1-4H3;2-7,9H,1H3;/q2*-1;. The van der Waals surface area contributed by atoms with Gasteiger partial charge in [-0.1, -0.05) is 66.8 Å². The average Bonchev–Trinajstić information content (AvgIpc) is 2.90. The summed E-state index contributed by atoms with van der Waals surface area (Å²) in [6.07, 6.45) is 3.86. The minimum atomic E-state index is -1.50. The van der Waals surface area contributed by atoms with E-state index < -0.39 is 8.07 Å². The molecule has 3 aromatic carbocycles. The molecule has 0 aliphatic heterocycles. The second-order valence-corrected chi connectivity index (χ2v) is 14.9. The molecule has 0 spiro atoms. The van der Waals surface area contributed by atoms with Crippen molar-refractivity contribution in [3.63, 3.8) is 0 Å². The van der Waals surface area contributed by atoms with E-state index in [9.17, 15) is 0 Å². The molecule has 37 heavy (non-hydrogen) atoms. The van der Waals surface area contributed by atoms with Gasteiger partial charge >= 0.3 is 0 Å². The summed E-state index contributed by atoms with van der Waals surface area (Å²) >= 11 is 0. The summed E-state index contributed by atoms with van der Waals surface area (Å²) in [6.45, 7) is 11.4. The Hall–Kier alpha value is -3.17. The van der Waals surface area contributed by atoms with Crippen LogP contribution in [0.5, 0.6) is 0 Å². The zero-order chi connectivity index (χ0) is 25.5. The summed E-state index contributed by atoms with van der Waals surface area (Å²) in [7, 11) is -1.50. The first-order valence-corrected chi connectivity index (χ1v) is 15.8. The van der Waals surface area contributed by atoms with Gasteiger partial charge in [-0.3, -0.25) is 0 Å². The van der Waals surface area contributed by atoms with Gasteiger partial charge in [0.15, 0.2) is 0 Å². The molecule has 1 radical (unpaired) electrons. The number of rotatable bonds is 4. The van der Waals surface area contributed by atoms with Crippen molar-refractivity contribution >= 4 is 13.3 Å². The third-order valence-corrected chi connectivity index (χ3v) is 8.14. The Bertz CT molecular complexity index is 1430. The molecule has 0 saturated carbocycles. The summed E-state index contributed by atoms with van der Waals surface area (Å²) in [5, 5.41) is 1.45. The SMILES string of the molecule is Cc1ccccc1-c1cnc(-c2[c-]cccc2)cc1[Si](C)(C)C.Cc1cccnc1-c1[c-]cccc1.[Ir]. The largest absolute Gasteiger partial charge is 0.304 e. The molecule has 0 bridgehead atoms. The third-order valence-electron chi connectivity index (χ3n) is 6.11. The second kappa shape index (κ2) is 12.9. The van der Waals surface area contributed by atoms with E-state index in [0.29, 0.717) is 0 Å². The number of pyridine rings is 2. The molecule has 2 heterocycles. The summed E-state index contributed by atoms with van der Waals surface area (Å²) in [5.74, 6) is 0. The molecule has 0 saturated heterocycles. The van der Waals surface area contributed by atoms with Crippen molar-refractivity contribution in [2.75, 3.05) is 0 Å². The Balaban J connectivity index is 0.000000231. The monoisotopic (exact) mass is 677 g/mol. The molecule has 4 heteroatoms. The van der Waals surface area contributed by atoms with Crippen molar-refractivity contribution in [3.8, 4) is 33.6 Å². The van der Waals surface area contributed by atoms with Crippen molar-refractivity contribution in [1.29, 1.82) is 0 Å². The van der Waals surface area contributed by atoms with Gasteiger partial charge in [0.05, 0.1) is 8.07 Å². The van der Waals surface area contributed by atoms with Crippen molar-refractivity contribution in [2.45, 2.75) is 33.5 Å². The zero-order valence-corrected chi connectivity index (χ0v) is 25.4. The molecule has 2 nitrogen and oxygen atoms in total. The Morgan fingerprint density at radius 2 is 1.27 bits per heavy atom. The van der Waals surface area contributed by atoms with Gasteiger partial charge in [-0.05, 0) is 48.0 Å². The molecule has 0 atom stereocenters. The normalized spacial score (nSPS) is 10.6. The van der Waals surface area contributed by atoms with Gasteiger partial charge in [-0.25, -0.2) is 0 Å². The van der Waals surface area contributed by atoms with Crippen molar-refractivity contribution in [2.24, 2.45) is 0 Å². The fourth-order valence-corrected chi connectivity index (χ4v) is 5.75. The van der Waals surface area contributed by atoms with Crippen LogP contribution in [0.15, 0.2) is 103 Å². The number of aryl methyl sites for hydroxylation is 2. The van der Waals surface area contributed by atoms with Crippen LogP contribution in [0.3, 0.4) is 0 Å². The summed E-state index contributed by atoms with van der Waals surface area (Å²) in [5.41, 5.74) is 9.20. The summed E-state index contributed by atoms with van der Waals surface area (Å²) in [6, 6.07) is 37.2. The number of aromatic nitrogens is 2. The molecule has 0 fully saturated rings. The molecular formula is C33H32IrN2Si-2. The molecule has 2 aromatic heterocycles. The second-order valence-electron chi connectivity index (χ2n) is 9.90. The van der Waals surface area contributed by atoms with Crippen molar-refractivity contribution < 1.29 is 20.1 Å². The Labute approximate surface area is 236 Å². The summed E-state index contributed by atoms with van der Waals surface area (Å²) < 4.78 is 0. The fourth-order valence-electron chi connectivity index (χ4n) is 4.17. The van der Waals surface area contributed by atoms with E-state index in [-0.39, 0.29) is 20.1 Å². The van der Waals surface area contributed by atoms with E-state index in [1.54, 1.807) is 0 Å². The number of hydrogen-bond donors (Lipinski definition) is 0. The van der Waals surface area contributed by atoms with E-state index in [2.05, 4.69) is 93.1 Å². The smallest absolute Gasteiger partial charge is 0.0775 e. The van der Waals surface area contributed by atoms with Crippen LogP contribution in [0.4, 0.5) is 0 Å². The average molecular weight is 677 g/mol. The predicted molar refractivity (Wildman–Crippen MR) is 155 cm³/mol. The number of hydrogen-bond acceptors (Lipinski definition) is 2. The van der Waals surface area contributed by atoms with E-state index in [1.807, 2.05) is 60.9 Å². The first-order chi connectivity index (χ1) is 17.3. The predicted octanol–water partition coefficient (Wildman–Crippen LogP) is 7.92. The van der Waals surface area contributed by atoms with Crippen molar-refractivity contribution in [1.82, 2.24) is 9.97 Å². The van der Waals surface area contributed by atoms with Gasteiger partial charge < -0.3 is 9.97 Å². The third kappa shape index (κ3) is 7.20. The van der Waals surface area contributed by atoms with Crippen molar-refractivity contribution in [3.05, 3.63) is 127 Å². The molecule has 5 aromatic rings. The Morgan fingerprint density at radius 3 is 1.86 bits per heavy atom. The number of nitrogens with zero attached hydrogens (tertiary/aromatic N) is 2. The van der Waals surface area contributed by atoms with E-state index in [4.69, 9.17) is 4.98 Å². The zero-order valence-electron chi connectivity index (χ0n) is 22.0. The Morgan fingerprint density at radius 1 is 0.649 bits per heavy atom. The molecule has 0 N–H and O–H groups in total. The van der Waals surface area contributed by atoms with E-state index in [1.165, 1.54) is 27.4 Å². The number of benzene rings is 3. The molecule has 0 amide bonds.